The van der Waals surface area contributed by atoms with Crippen LogP contribution in [0, 0.1) is 0 Å². The molecule has 0 aliphatic heterocycles. The molecule has 0 radical (unpaired) electrons. The lowest BCUT2D eigenvalue weighted by molar-refractivity contribution is 0.140. The number of ether oxygens (including phenoxy) is 1. The second-order valence-electron chi connectivity index (χ2n) is 2.93. The highest BCUT2D eigenvalue weighted by Crippen LogP contribution is 2.08. The Bertz CT molecular complexity index is 233. The molecule has 0 aliphatic carbocycles. The molecular formula is C11H17NOS. The lowest BCUT2D eigenvalue weighted by atomic mass is 10.4. The second-order valence-corrected chi connectivity index (χ2v) is 3.97. The molecule has 2 nitrogen and oxygen atoms in total. The lowest BCUT2D eigenvalue weighted by Crippen LogP contribution is -2.19. The topological polar surface area (TPSA) is 21.3 Å². The van der Waals surface area contributed by atoms with Gasteiger partial charge in [0.05, 0.1) is 13.2 Å². The van der Waals surface area contributed by atoms with Crippen LogP contribution in [0.3, 0.4) is 0 Å². The van der Waals surface area contributed by atoms with Gasteiger partial charge in [0, 0.05) is 24.4 Å². The van der Waals surface area contributed by atoms with Crippen LogP contribution in [0.4, 0.5) is 0 Å². The Morgan fingerprint density at radius 3 is 3.14 bits per heavy atom. The highest BCUT2D eigenvalue weighted by atomic mass is 32.1. The summed E-state index contributed by atoms with van der Waals surface area (Å²) in [6.45, 7) is 6.97. The largest absolute Gasteiger partial charge is 0.380 e. The van der Waals surface area contributed by atoms with Gasteiger partial charge in [-0.25, -0.2) is 0 Å². The van der Waals surface area contributed by atoms with E-state index in [2.05, 4.69) is 29.4 Å². The zero-order valence-corrected chi connectivity index (χ0v) is 9.19. The zero-order chi connectivity index (χ0) is 10.1. The molecule has 0 unspecified atom stereocenters. The van der Waals surface area contributed by atoms with Crippen molar-refractivity contribution in [3.05, 3.63) is 35.0 Å². The predicted octanol–water partition coefficient (Wildman–Crippen LogP) is 2.08. The molecule has 1 aromatic rings. The minimum absolute atomic E-state index is 0.777. The summed E-state index contributed by atoms with van der Waals surface area (Å²) in [4.78, 5) is 1.39. The lowest BCUT2D eigenvalue weighted by Gasteiger charge is -2.03. The first-order chi connectivity index (χ1) is 6.93. The number of hydrogen-bond acceptors (Lipinski definition) is 3. The molecule has 3 heteroatoms. The maximum Gasteiger partial charge on any atom is 0.0591 e. The summed E-state index contributed by atoms with van der Waals surface area (Å²) in [5.74, 6) is 0. The van der Waals surface area contributed by atoms with Crippen molar-refractivity contribution in [3.8, 4) is 0 Å². The Labute approximate surface area is 89.6 Å². The maximum atomic E-state index is 5.46. The smallest absolute Gasteiger partial charge is 0.0591 e. The fourth-order valence-electron chi connectivity index (χ4n) is 1.08. The van der Waals surface area contributed by atoms with Gasteiger partial charge in [-0.15, -0.1) is 17.9 Å². The molecule has 0 spiro atoms. The van der Waals surface area contributed by atoms with E-state index in [0.717, 1.165) is 32.7 Å². The van der Waals surface area contributed by atoms with Gasteiger partial charge in [-0.2, -0.15) is 0 Å². The van der Waals surface area contributed by atoms with Crippen LogP contribution in [0.5, 0.6) is 0 Å². The summed E-state index contributed by atoms with van der Waals surface area (Å²) < 4.78 is 5.46. The third-order valence-corrected chi connectivity index (χ3v) is 2.72. The normalized spacial score (nSPS) is 10.3. The van der Waals surface area contributed by atoms with E-state index in [-0.39, 0.29) is 0 Å². The van der Waals surface area contributed by atoms with Crippen LogP contribution in [0.2, 0.25) is 0 Å². The molecule has 1 N–H and O–H groups in total. The Hall–Kier alpha value is -0.640. The molecule has 14 heavy (non-hydrogen) atoms. The van der Waals surface area contributed by atoms with Crippen molar-refractivity contribution in [2.75, 3.05) is 26.3 Å². The third-order valence-electron chi connectivity index (χ3n) is 1.78. The predicted molar refractivity (Wildman–Crippen MR) is 61.9 cm³/mol. The molecule has 1 aromatic heterocycles. The number of thiophene rings is 1. The molecule has 0 fully saturated rings. The summed E-state index contributed by atoms with van der Waals surface area (Å²) in [6, 6.07) is 4.22. The number of hydrogen-bond donors (Lipinski definition) is 1. The molecule has 0 aromatic carbocycles. The van der Waals surface area contributed by atoms with E-state index in [1.807, 2.05) is 6.08 Å². The standard InChI is InChI=1S/C11H17NOS/c1-2-6-12-7-9-13-8-5-11-4-3-10-14-11/h2-4,10,12H,1,5-9H2. The summed E-state index contributed by atoms with van der Waals surface area (Å²) in [7, 11) is 0. The van der Waals surface area contributed by atoms with Crippen molar-refractivity contribution < 1.29 is 4.74 Å². The van der Waals surface area contributed by atoms with Crippen molar-refractivity contribution in [2.45, 2.75) is 6.42 Å². The van der Waals surface area contributed by atoms with Crippen molar-refractivity contribution in [1.29, 1.82) is 0 Å². The summed E-state index contributed by atoms with van der Waals surface area (Å²) in [5, 5.41) is 5.29. The fraction of sp³-hybridized carbons (Fsp3) is 0.455. The molecule has 0 amide bonds. The minimum atomic E-state index is 0.777. The molecule has 0 saturated carbocycles. The summed E-state index contributed by atoms with van der Waals surface area (Å²) >= 11 is 1.79. The Balaban J connectivity index is 1.87. The van der Waals surface area contributed by atoms with Crippen LogP contribution in [-0.2, 0) is 11.2 Å². The summed E-state index contributed by atoms with van der Waals surface area (Å²) in [5.41, 5.74) is 0. The average molecular weight is 211 g/mol. The van der Waals surface area contributed by atoms with Gasteiger partial charge in [0.25, 0.3) is 0 Å². The van der Waals surface area contributed by atoms with E-state index in [4.69, 9.17) is 4.74 Å². The molecule has 1 rings (SSSR count). The van der Waals surface area contributed by atoms with Crippen molar-refractivity contribution in [2.24, 2.45) is 0 Å². The van der Waals surface area contributed by atoms with E-state index >= 15 is 0 Å². The number of rotatable bonds is 8. The second kappa shape index (κ2) is 7.74. The van der Waals surface area contributed by atoms with Gasteiger partial charge in [0.2, 0.25) is 0 Å². The van der Waals surface area contributed by atoms with Crippen LogP contribution in [0.15, 0.2) is 30.2 Å². The molecular weight excluding hydrogens is 194 g/mol. The quantitative estimate of drug-likeness (QED) is 0.525. The Morgan fingerprint density at radius 2 is 2.43 bits per heavy atom. The average Bonchev–Trinajstić information content (AvgIpc) is 2.69. The van der Waals surface area contributed by atoms with E-state index in [1.165, 1.54) is 4.88 Å². The van der Waals surface area contributed by atoms with Crippen LogP contribution < -0.4 is 5.32 Å². The van der Waals surface area contributed by atoms with E-state index < -0.39 is 0 Å². The van der Waals surface area contributed by atoms with Crippen molar-refractivity contribution in [1.82, 2.24) is 5.32 Å². The van der Waals surface area contributed by atoms with Gasteiger partial charge in [0.15, 0.2) is 0 Å². The molecule has 78 valence electrons. The molecule has 1 heterocycles. The maximum absolute atomic E-state index is 5.46. The Kier molecular flexibility index (Phi) is 6.32. The van der Waals surface area contributed by atoms with Gasteiger partial charge in [0.1, 0.15) is 0 Å². The van der Waals surface area contributed by atoms with Gasteiger partial charge < -0.3 is 10.1 Å². The molecule has 0 bridgehead atoms. The van der Waals surface area contributed by atoms with Crippen LogP contribution in [0.1, 0.15) is 4.88 Å². The zero-order valence-electron chi connectivity index (χ0n) is 8.37. The highest BCUT2D eigenvalue weighted by molar-refractivity contribution is 7.09. The third kappa shape index (κ3) is 5.17. The van der Waals surface area contributed by atoms with E-state index in [9.17, 15) is 0 Å². The first-order valence-electron chi connectivity index (χ1n) is 4.85. The SMILES string of the molecule is C=CCNCCOCCc1cccs1. The first-order valence-corrected chi connectivity index (χ1v) is 5.73. The van der Waals surface area contributed by atoms with Crippen molar-refractivity contribution >= 4 is 11.3 Å². The van der Waals surface area contributed by atoms with E-state index in [0.29, 0.717) is 0 Å². The Morgan fingerprint density at radius 1 is 1.50 bits per heavy atom. The highest BCUT2D eigenvalue weighted by Gasteiger charge is 1.93. The van der Waals surface area contributed by atoms with Crippen LogP contribution in [0.25, 0.3) is 0 Å². The van der Waals surface area contributed by atoms with Crippen LogP contribution >= 0.6 is 11.3 Å². The first kappa shape index (κ1) is 11.4. The number of nitrogens with one attached hydrogen (secondary N) is 1. The molecule has 0 saturated heterocycles. The molecule has 0 aliphatic rings. The van der Waals surface area contributed by atoms with Gasteiger partial charge in [-0.3, -0.25) is 0 Å². The fourth-order valence-corrected chi connectivity index (χ4v) is 1.77. The monoisotopic (exact) mass is 211 g/mol. The van der Waals surface area contributed by atoms with Crippen LogP contribution in [-0.4, -0.2) is 26.3 Å². The van der Waals surface area contributed by atoms with E-state index in [1.54, 1.807) is 11.3 Å². The van der Waals surface area contributed by atoms with Gasteiger partial charge in [-0.1, -0.05) is 12.1 Å². The van der Waals surface area contributed by atoms with Gasteiger partial charge in [-0.05, 0) is 11.4 Å². The van der Waals surface area contributed by atoms with Crippen molar-refractivity contribution in [3.63, 3.8) is 0 Å². The minimum Gasteiger partial charge on any atom is -0.380 e. The summed E-state index contributed by atoms with van der Waals surface area (Å²) in [6.07, 6.45) is 2.88. The molecule has 0 atom stereocenters. The van der Waals surface area contributed by atoms with Gasteiger partial charge >= 0.3 is 0 Å².